The van der Waals surface area contributed by atoms with Crippen LogP contribution in [-0.2, 0) is 23.9 Å². The minimum Gasteiger partial charge on any atom is -0.378 e. The van der Waals surface area contributed by atoms with Crippen LogP contribution in [0.15, 0.2) is 24.3 Å². The number of anilines is 1. The summed E-state index contributed by atoms with van der Waals surface area (Å²) < 4.78 is 44.6. The topological polar surface area (TPSA) is 50.3 Å². The maximum Gasteiger partial charge on any atom is 0.416 e. The fourth-order valence-electron chi connectivity index (χ4n) is 3.34. The third kappa shape index (κ3) is 4.68. The van der Waals surface area contributed by atoms with Gasteiger partial charge in [0.05, 0.1) is 24.5 Å². The van der Waals surface area contributed by atoms with Crippen molar-refractivity contribution in [1.29, 1.82) is 0 Å². The number of morpholine rings is 1. The number of rotatable bonds is 2. The molecule has 3 heterocycles. The van der Waals surface area contributed by atoms with E-state index in [1.165, 1.54) is 6.07 Å². The molecule has 5 nitrogen and oxygen atoms in total. The van der Waals surface area contributed by atoms with Crippen LogP contribution in [0.1, 0.15) is 16.8 Å². The number of halogens is 5. The molecule has 28 heavy (non-hydrogen) atoms. The molecule has 0 bridgehead atoms. The maximum atomic E-state index is 13.1. The third-order valence-electron chi connectivity index (χ3n) is 4.67. The molecule has 154 valence electrons. The van der Waals surface area contributed by atoms with E-state index in [1.807, 2.05) is 0 Å². The monoisotopic (exact) mass is 436 g/mol. The Morgan fingerprint density at radius 1 is 1.07 bits per heavy atom. The molecule has 0 spiro atoms. The number of hydrogen-bond acceptors (Lipinski definition) is 5. The molecule has 0 atom stereocenters. The predicted octanol–water partition coefficient (Wildman–Crippen LogP) is 3.49. The Hall–Kier alpha value is -1.61. The van der Waals surface area contributed by atoms with Crippen LogP contribution in [0.25, 0.3) is 11.4 Å². The van der Waals surface area contributed by atoms with Gasteiger partial charge in [-0.25, -0.2) is 9.97 Å². The summed E-state index contributed by atoms with van der Waals surface area (Å²) in [5.74, 6) is 1.16. The van der Waals surface area contributed by atoms with Crippen LogP contribution in [0.5, 0.6) is 0 Å². The number of alkyl halides is 3. The lowest BCUT2D eigenvalue weighted by Crippen LogP contribution is -2.39. The molecule has 0 aliphatic carbocycles. The molecule has 1 fully saturated rings. The van der Waals surface area contributed by atoms with Crippen LogP contribution < -0.4 is 10.2 Å². The summed E-state index contributed by atoms with van der Waals surface area (Å²) in [4.78, 5) is 11.4. The molecule has 0 saturated carbocycles. The first-order valence-corrected chi connectivity index (χ1v) is 8.63. The van der Waals surface area contributed by atoms with Gasteiger partial charge in [0.15, 0.2) is 5.82 Å². The van der Waals surface area contributed by atoms with Gasteiger partial charge in [-0.15, -0.1) is 24.8 Å². The quantitative estimate of drug-likeness (QED) is 0.780. The molecule has 10 heteroatoms. The van der Waals surface area contributed by atoms with Crippen LogP contribution in [-0.4, -0.2) is 42.8 Å². The second-order valence-electron chi connectivity index (χ2n) is 6.40. The molecule has 0 amide bonds. The highest BCUT2D eigenvalue weighted by atomic mass is 35.5. The summed E-state index contributed by atoms with van der Waals surface area (Å²) >= 11 is 0. The maximum absolute atomic E-state index is 13.1. The van der Waals surface area contributed by atoms with E-state index in [1.54, 1.807) is 6.07 Å². The van der Waals surface area contributed by atoms with Crippen molar-refractivity contribution in [3.63, 3.8) is 0 Å². The van der Waals surface area contributed by atoms with E-state index in [-0.39, 0.29) is 24.8 Å². The van der Waals surface area contributed by atoms with Crippen molar-refractivity contribution < 1.29 is 17.9 Å². The Kier molecular flexibility index (Phi) is 7.50. The van der Waals surface area contributed by atoms with Crippen molar-refractivity contribution in [3.05, 3.63) is 41.1 Å². The minimum atomic E-state index is -4.39. The molecule has 2 aliphatic heterocycles. The van der Waals surface area contributed by atoms with Crippen molar-refractivity contribution >= 4 is 30.6 Å². The van der Waals surface area contributed by atoms with Gasteiger partial charge >= 0.3 is 6.18 Å². The zero-order chi connectivity index (χ0) is 18.1. The first kappa shape index (κ1) is 22.7. The number of hydrogen-bond donors (Lipinski definition) is 1. The Bertz CT molecular complexity index is 814. The highest BCUT2D eigenvalue weighted by Gasteiger charge is 2.31. The molecule has 0 unspecified atom stereocenters. The van der Waals surface area contributed by atoms with Crippen LogP contribution >= 0.6 is 24.8 Å². The number of nitrogens with one attached hydrogen (secondary N) is 1. The largest absolute Gasteiger partial charge is 0.416 e. The average Bonchev–Trinajstić information content (AvgIpc) is 2.67. The number of benzene rings is 1. The van der Waals surface area contributed by atoms with Gasteiger partial charge in [-0.05, 0) is 25.1 Å². The van der Waals surface area contributed by atoms with E-state index in [9.17, 15) is 13.2 Å². The summed E-state index contributed by atoms with van der Waals surface area (Å²) in [6.45, 7) is 4.13. The minimum absolute atomic E-state index is 0. The average molecular weight is 437 g/mol. The molecule has 1 aromatic heterocycles. The normalized spacial score (nSPS) is 16.6. The summed E-state index contributed by atoms with van der Waals surface area (Å²) in [6.07, 6.45) is -3.58. The van der Waals surface area contributed by atoms with Crippen LogP contribution in [0, 0.1) is 0 Å². The van der Waals surface area contributed by atoms with Gasteiger partial charge < -0.3 is 15.0 Å². The van der Waals surface area contributed by atoms with E-state index in [0.29, 0.717) is 31.1 Å². The van der Waals surface area contributed by atoms with Gasteiger partial charge in [0.25, 0.3) is 0 Å². The fraction of sp³-hybridized carbons (Fsp3) is 0.444. The third-order valence-corrected chi connectivity index (χ3v) is 4.67. The first-order valence-electron chi connectivity index (χ1n) is 8.63. The second-order valence-corrected chi connectivity index (χ2v) is 6.40. The fourth-order valence-corrected chi connectivity index (χ4v) is 3.34. The predicted molar refractivity (Wildman–Crippen MR) is 105 cm³/mol. The first-order chi connectivity index (χ1) is 12.5. The Labute approximate surface area is 173 Å². The molecular weight excluding hydrogens is 416 g/mol. The molecule has 4 rings (SSSR count). The highest BCUT2D eigenvalue weighted by Crippen LogP contribution is 2.33. The lowest BCUT2D eigenvalue weighted by atomic mass is 10.0. The van der Waals surface area contributed by atoms with Crippen LogP contribution in [0.3, 0.4) is 0 Å². The van der Waals surface area contributed by atoms with Gasteiger partial charge in [0.1, 0.15) is 5.82 Å². The van der Waals surface area contributed by atoms with Crippen molar-refractivity contribution in [2.45, 2.75) is 19.1 Å². The lowest BCUT2D eigenvalue weighted by molar-refractivity contribution is -0.137. The van der Waals surface area contributed by atoms with E-state index >= 15 is 0 Å². The van der Waals surface area contributed by atoms with Gasteiger partial charge in [0.2, 0.25) is 0 Å². The van der Waals surface area contributed by atoms with Crippen molar-refractivity contribution in [2.24, 2.45) is 0 Å². The molecule has 0 radical (unpaired) electrons. The Morgan fingerprint density at radius 3 is 2.54 bits per heavy atom. The van der Waals surface area contributed by atoms with E-state index < -0.39 is 11.7 Å². The highest BCUT2D eigenvalue weighted by molar-refractivity contribution is 5.85. The second kappa shape index (κ2) is 9.26. The molecule has 1 saturated heterocycles. The summed E-state index contributed by atoms with van der Waals surface area (Å²) in [6, 6.07) is 5.19. The number of nitrogens with zero attached hydrogens (tertiary/aromatic N) is 3. The van der Waals surface area contributed by atoms with Crippen molar-refractivity contribution in [3.8, 4) is 11.4 Å². The smallest absolute Gasteiger partial charge is 0.378 e. The van der Waals surface area contributed by atoms with Gasteiger partial charge in [-0.2, -0.15) is 13.2 Å². The van der Waals surface area contributed by atoms with Gasteiger partial charge in [-0.3, -0.25) is 0 Å². The van der Waals surface area contributed by atoms with Crippen LogP contribution in [0.4, 0.5) is 19.0 Å². The zero-order valence-electron chi connectivity index (χ0n) is 15.0. The van der Waals surface area contributed by atoms with Crippen molar-refractivity contribution in [1.82, 2.24) is 15.3 Å². The molecule has 1 N–H and O–H groups in total. The van der Waals surface area contributed by atoms with E-state index in [0.717, 1.165) is 55.3 Å². The van der Waals surface area contributed by atoms with E-state index in [4.69, 9.17) is 4.74 Å². The SMILES string of the molecule is Cl.Cl.FC(F)(F)c1cccc(-c2nc3c(c(N4CCOCC4)n2)CCNC3)c1. The van der Waals surface area contributed by atoms with Gasteiger partial charge in [0, 0.05) is 30.8 Å². The number of fused-ring (bicyclic) bond motifs is 1. The summed E-state index contributed by atoms with van der Waals surface area (Å²) in [7, 11) is 0. The molecule has 2 aliphatic rings. The summed E-state index contributed by atoms with van der Waals surface area (Å²) in [5.41, 5.74) is 1.63. The molecule has 1 aromatic carbocycles. The lowest BCUT2D eigenvalue weighted by Gasteiger charge is -2.31. The standard InChI is InChI=1S/C18H19F3N4O.2ClH/c19-18(20,21)13-3-1-2-12(10-13)16-23-15-11-22-5-4-14(15)17(24-16)25-6-8-26-9-7-25;;/h1-3,10,22H,4-9,11H2;2*1H. The molecule has 2 aromatic rings. The van der Waals surface area contributed by atoms with Crippen LogP contribution in [0.2, 0.25) is 0 Å². The Balaban J connectivity index is 0.00000140. The molecular formula is C18H21Cl2F3N4O. The zero-order valence-corrected chi connectivity index (χ0v) is 16.6. The number of ether oxygens (including phenoxy) is 1. The summed E-state index contributed by atoms with van der Waals surface area (Å²) in [5, 5.41) is 3.27. The van der Waals surface area contributed by atoms with Crippen molar-refractivity contribution in [2.75, 3.05) is 37.7 Å². The van der Waals surface area contributed by atoms with E-state index in [2.05, 4.69) is 20.2 Å². The van der Waals surface area contributed by atoms with Gasteiger partial charge in [-0.1, -0.05) is 12.1 Å². The number of aromatic nitrogens is 2. The Morgan fingerprint density at radius 2 is 1.82 bits per heavy atom.